The largest absolute Gasteiger partial charge is 0.295 e. The summed E-state index contributed by atoms with van der Waals surface area (Å²) in [7, 11) is 0. The van der Waals surface area contributed by atoms with E-state index in [-0.39, 0.29) is 11.0 Å². The van der Waals surface area contributed by atoms with E-state index in [9.17, 15) is 0 Å². The Balaban J connectivity index is 1.68. The van der Waals surface area contributed by atoms with Gasteiger partial charge in [-0.15, -0.1) is 0 Å². The van der Waals surface area contributed by atoms with E-state index in [4.69, 9.17) is 0 Å². The van der Waals surface area contributed by atoms with Crippen LogP contribution in [0.3, 0.4) is 0 Å². The molecule has 0 aromatic heterocycles. The molecule has 4 aromatic rings. The fourth-order valence-electron chi connectivity index (χ4n) is 6.68. The maximum absolute atomic E-state index is 2.55. The monoisotopic (exact) mass is 429 g/mol. The van der Waals surface area contributed by atoms with Gasteiger partial charge in [0, 0.05) is 5.54 Å². The second-order valence-electron chi connectivity index (χ2n) is 9.88. The lowest BCUT2D eigenvalue weighted by Gasteiger charge is -2.38. The Hall–Kier alpha value is -3.16. The second kappa shape index (κ2) is 7.17. The number of nitrogens with zero attached hydrogens (tertiary/aromatic N) is 1. The molecule has 0 radical (unpaired) electrons. The molecule has 0 N–H and O–H groups in total. The number of benzene rings is 4. The molecule has 0 bridgehead atoms. The van der Waals surface area contributed by atoms with Gasteiger partial charge in [0.05, 0.1) is 5.41 Å². The Labute approximate surface area is 197 Å². The first-order chi connectivity index (χ1) is 16.0. The maximum Gasteiger partial charge on any atom is 0.0725 e. The molecule has 33 heavy (non-hydrogen) atoms. The maximum atomic E-state index is 2.55. The zero-order valence-electron chi connectivity index (χ0n) is 20.0. The zero-order valence-corrected chi connectivity index (χ0v) is 20.0. The van der Waals surface area contributed by atoms with E-state index in [1.54, 1.807) is 0 Å². The quantitative estimate of drug-likeness (QED) is 0.279. The molecular weight excluding hydrogens is 398 g/mol. The van der Waals surface area contributed by atoms with Crippen molar-refractivity contribution >= 4 is 0 Å². The third kappa shape index (κ3) is 2.52. The summed E-state index contributed by atoms with van der Waals surface area (Å²) in [4.78, 5) is 2.55. The molecule has 4 aromatic carbocycles. The highest BCUT2D eigenvalue weighted by molar-refractivity contribution is 5.95. The van der Waals surface area contributed by atoms with Gasteiger partial charge in [0.1, 0.15) is 0 Å². The van der Waals surface area contributed by atoms with Crippen molar-refractivity contribution in [2.45, 2.75) is 38.6 Å². The van der Waals surface area contributed by atoms with Crippen LogP contribution in [0.1, 0.15) is 55.5 Å². The van der Waals surface area contributed by atoms with Crippen molar-refractivity contribution in [2.75, 3.05) is 13.1 Å². The van der Waals surface area contributed by atoms with Gasteiger partial charge in [-0.05, 0) is 83.1 Å². The van der Waals surface area contributed by atoms with Crippen LogP contribution in [0.25, 0.3) is 22.3 Å². The number of hydrogen-bond acceptors (Lipinski definition) is 1. The molecule has 0 saturated carbocycles. The molecular formula is C32H31N. The minimum Gasteiger partial charge on any atom is -0.295 e. The molecule has 1 nitrogen and oxygen atoms in total. The summed E-state index contributed by atoms with van der Waals surface area (Å²) in [6.45, 7) is 11.3. The summed E-state index contributed by atoms with van der Waals surface area (Å²) >= 11 is 0. The standard InChI is InChI=1S/C32H31N/c1-5-33(6-2)31(3,4)22-19-20-30-26(21-22)25-15-9-12-18-29(25)32(30)27-16-10-7-13-23(27)24-14-8-11-17-28(24)32/h7-21H,5-6H2,1-4H3. The van der Waals surface area contributed by atoms with Crippen LogP contribution < -0.4 is 0 Å². The smallest absolute Gasteiger partial charge is 0.0725 e. The number of fused-ring (bicyclic) bond motifs is 10. The van der Waals surface area contributed by atoms with Crippen molar-refractivity contribution in [3.8, 4) is 22.3 Å². The topological polar surface area (TPSA) is 3.24 Å². The molecule has 1 heteroatoms. The van der Waals surface area contributed by atoms with E-state index < -0.39 is 0 Å². The van der Waals surface area contributed by atoms with Crippen LogP contribution in [-0.4, -0.2) is 18.0 Å². The average molecular weight is 430 g/mol. The van der Waals surface area contributed by atoms with Gasteiger partial charge < -0.3 is 0 Å². The Morgan fingerprint density at radius 3 is 1.48 bits per heavy atom. The van der Waals surface area contributed by atoms with Gasteiger partial charge in [-0.3, -0.25) is 4.90 Å². The van der Waals surface area contributed by atoms with Crippen LogP contribution in [0.4, 0.5) is 0 Å². The fourth-order valence-corrected chi connectivity index (χ4v) is 6.68. The van der Waals surface area contributed by atoms with E-state index in [2.05, 4.69) is 124 Å². The summed E-state index contributed by atoms with van der Waals surface area (Å²) in [5, 5.41) is 0. The Kier molecular flexibility index (Phi) is 4.44. The third-order valence-electron chi connectivity index (χ3n) is 8.26. The van der Waals surface area contributed by atoms with Gasteiger partial charge in [-0.25, -0.2) is 0 Å². The van der Waals surface area contributed by atoms with Crippen LogP contribution in [0.15, 0.2) is 91.0 Å². The van der Waals surface area contributed by atoms with Crippen LogP contribution in [-0.2, 0) is 11.0 Å². The third-order valence-corrected chi connectivity index (χ3v) is 8.26. The van der Waals surface area contributed by atoms with E-state index in [0.717, 1.165) is 13.1 Å². The molecule has 0 fully saturated rings. The van der Waals surface area contributed by atoms with Crippen molar-refractivity contribution in [1.82, 2.24) is 4.90 Å². The molecule has 1 spiro atoms. The van der Waals surface area contributed by atoms with Gasteiger partial charge in [-0.1, -0.05) is 98.8 Å². The van der Waals surface area contributed by atoms with E-state index >= 15 is 0 Å². The van der Waals surface area contributed by atoms with Crippen molar-refractivity contribution in [2.24, 2.45) is 0 Å². The van der Waals surface area contributed by atoms with Crippen LogP contribution in [0.5, 0.6) is 0 Å². The zero-order chi connectivity index (χ0) is 22.8. The van der Waals surface area contributed by atoms with Crippen molar-refractivity contribution < 1.29 is 0 Å². The summed E-state index contributed by atoms with van der Waals surface area (Å²) in [5.74, 6) is 0. The van der Waals surface area contributed by atoms with E-state index in [0.29, 0.717) is 0 Å². The highest BCUT2D eigenvalue weighted by Gasteiger charge is 2.51. The molecule has 0 amide bonds. The first-order valence-electron chi connectivity index (χ1n) is 12.2. The van der Waals surface area contributed by atoms with Gasteiger partial charge in [-0.2, -0.15) is 0 Å². The summed E-state index contributed by atoms with van der Waals surface area (Å²) in [5.41, 5.74) is 12.3. The predicted molar refractivity (Wildman–Crippen MR) is 139 cm³/mol. The van der Waals surface area contributed by atoms with Crippen LogP contribution in [0, 0.1) is 0 Å². The number of rotatable bonds is 4. The lowest BCUT2D eigenvalue weighted by Crippen LogP contribution is -2.41. The van der Waals surface area contributed by atoms with Gasteiger partial charge in [0.2, 0.25) is 0 Å². The molecule has 0 heterocycles. The first-order valence-corrected chi connectivity index (χ1v) is 12.2. The average Bonchev–Trinajstić information content (AvgIpc) is 3.32. The molecule has 0 saturated heterocycles. The molecule has 0 aliphatic heterocycles. The van der Waals surface area contributed by atoms with E-state index in [1.807, 2.05) is 0 Å². The normalized spacial score (nSPS) is 14.8. The predicted octanol–water partition coefficient (Wildman–Crippen LogP) is 7.61. The van der Waals surface area contributed by atoms with Crippen LogP contribution >= 0.6 is 0 Å². The first kappa shape index (κ1) is 20.4. The highest BCUT2D eigenvalue weighted by Crippen LogP contribution is 2.62. The molecule has 0 unspecified atom stereocenters. The van der Waals surface area contributed by atoms with Crippen molar-refractivity contribution in [1.29, 1.82) is 0 Å². The van der Waals surface area contributed by atoms with Gasteiger partial charge in [0.25, 0.3) is 0 Å². The molecule has 6 rings (SSSR count). The molecule has 164 valence electrons. The SMILES string of the molecule is CCN(CC)C(C)(C)c1ccc2c(c1)-c1ccccc1C21c2ccccc2-c2ccccc21. The Morgan fingerprint density at radius 1 is 0.576 bits per heavy atom. The van der Waals surface area contributed by atoms with Crippen molar-refractivity contribution in [3.63, 3.8) is 0 Å². The Morgan fingerprint density at radius 2 is 1.00 bits per heavy atom. The lowest BCUT2D eigenvalue weighted by atomic mass is 9.70. The fraction of sp³-hybridized carbons (Fsp3) is 0.250. The molecule has 2 aliphatic carbocycles. The lowest BCUT2D eigenvalue weighted by molar-refractivity contribution is 0.135. The second-order valence-corrected chi connectivity index (χ2v) is 9.88. The summed E-state index contributed by atoms with van der Waals surface area (Å²) in [6, 6.07) is 34.4. The van der Waals surface area contributed by atoms with Gasteiger partial charge >= 0.3 is 0 Å². The molecule has 2 aliphatic rings. The van der Waals surface area contributed by atoms with Gasteiger partial charge in [0.15, 0.2) is 0 Å². The minimum atomic E-state index is -0.239. The summed E-state index contributed by atoms with van der Waals surface area (Å²) in [6.07, 6.45) is 0. The van der Waals surface area contributed by atoms with E-state index in [1.165, 1.54) is 50.1 Å². The highest BCUT2D eigenvalue weighted by atomic mass is 15.2. The van der Waals surface area contributed by atoms with Crippen molar-refractivity contribution in [3.05, 3.63) is 119 Å². The summed E-state index contributed by atoms with van der Waals surface area (Å²) < 4.78 is 0. The molecule has 0 atom stereocenters. The number of hydrogen-bond donors (Lipinski definition) is 0. The van der Waals surface area contributed by atoms with Crippen LogP contribution in [0.2, 0.25) is 0 Å². The minimum absolute atomic E-state index is 0.0191. The Bertz CT molecular complexity index is 1330.